The van der Waals surface area contributed by atoms with E-state index in [1.54, 1.807) is 14.2 Å². The average molecular weight is 465 g/mol. The predicted molar refractivity (Wildman–Crippen MR) is 114 cm³/mol. The van der Waals surface area contributed by atoms with E-state index in [-0.39, 0.29) is 24.0 Å². The quantitative estimate of drug-likeness (QED) is 0.228. The van der Waals surface area contributed by atoms with Gasteiger partial charge in [0.2, 0.25) is 0 Å². The van der Waals surface area contributed by atoms with Crippen LogP contribution in [0.1, 0.15) is 25.8 Å². The van der Waals surface area contributed by atoms with Crippen LogP contribution in [0.5, 0.6) is 11.5 Å². The van der Waals surface area contributed by atoms with E-state index in [4.69, 9.17) is 14.2 Å². The Balaban J connectivity index is 0.00000576. The molecule has 0 spiro atoms. The predicted octanol–water partition coefficient (Wildman–Crippen LogP) is 2.85. The third-order valence-electron chi connectivity index (χ3n) is 3.36. The second-order valence-corrected chi connectivity index (χ2v) is 5.20. The SMILES string of the molecule is CCNC(=NCCCc1ccc(OC)c(OCC)c1)NCCOC.I. The molecule has 25 heavy (non-hydrogen) atoms. The second-order valence-electron chi connectivity index (χ2n) is 5.20. The molecule has 7 heteroatoms. The molecule has 0 unspecified atom stereocenters. The molecule has 1 rings (SSSR count). The molecule has 0 saturated carbocycles. The summed E-state index contributed by atoms with van der Waals surface area (Å²) in [5.74, 6) is 2.41. The summed E-state index contributed by atoms with van der Waals surface area (Å²) in [6.07, 6.45) is 1.92. The van der Waals surface area contributed by atoms with Gasteiger partial charge in [-0.3, -0.25) is 4.99 Å². The first-order chi connectivity index (χ1) is 11.7. The van der Waals surface area contributed by atoms with Crippen LogP contribution >= 0.6 is 24.0 Å². The van der Waals surface area contributed by atoms with Crippen molar-refractivity contribution in [2.75, 3.05) is 47.1 Å². The highest BCUT2D eigenvalue weighted by atomic mass is 127. The first-order valence-electron chi connectivity index (χ1n) is 8.55. The van der Waals surface area contributed by atoms with Crippen molar-refractivity contribution in [1.29, 1.82) is 0 Å². The van der Waals surface area contributed by atoms with E-state index >= 15 is 0 Å². The fourth-order valence-corrected chi connectivity index (χ4v) is 2.23. The maximum Gasteiger partial charge on any atom is 0.191 e. The molecule has 0 atom stereocenters. The molecule has 0 aliphatic rings. The number of halogens is 1. The lowest BCUT2D eigenvalue weighted by Crippen LogP contribution is -2.39. The third kappa shape index (κ3) is 9.74. The topological polar surface area (TPSA) is 64.1 Å². The number of guanidine groups is 1. The average Bonchev–Trinajstić information content (AvgIpc) is 2.59. The molecule has 144 valence electrons. The molecular weight excluding hydrogens is 433 g/mol. The summed E-state index contributed by atoms with van der Waals surface area (Å²) in [5.41, 5.74) is 1.23. The Labute approximate surface area is 168 Å². The maximum atomic E-state index is 5.62. The van der Waals surface area contributed by atoms with Crippen molar-refractivity contribution in [3.8, 4) is 11.5 Å². The Hall–Kier alpha value is -1.22. The second kappa shape index (κ2) is 15.1. The van der Waals surface area contributed by atoms with Crippen LogP contribution in [-0.2, 0) is 11.2 Å². The zero-order valence-corrected chi connectivity index (χ0v) is 18.1. The standard InChI is InChI=1S/C18H31N3O3.HI/c1-5-19-18(21-12-13-22-3)20-11-7-8-15-9-10-16(23-4)17(14-15)24-6-2;/h9-10,14H,5-8,11-13H2,1-4H3,(H2,19,20,21);1H. The molecule has 0 fully saturated rings. The van der Waals surface area contributed by atoms with Crippen LogP contribution in [0, 0.1) is 0 Å². The number of ether oxygens (including phenoxy) is 3. The van der Waals surface area contributed by atoms with Crippen LogP contribution < -0.4 is 20.1 Å². The highest BCUT2D eigenvalue weighted by Crippen LogP contribution is 2.28. The zero-order chi connectivity index (χ0) is 17.6. The number of nitrogens with one attached hydrogen (secondary N) is 2. The number of aliphatic imine (C=N–C) groups is 1. The number of hydrogen-bond acceptors (Lipinski definition) is 4. The summed E-state index contributed by atoms with van der Waals surface area (Å²) < 4.78 is 16.0. The van der Waals surface area contributed by atoms with Crippen molar-refractivity contribution < 1.29 is 14.2 Å². The van der Waals surface area contributed by atoms with Gasteiger partial charge in [-0.25, -0.2) is 0 Å². The molecule has 0 radical (unpaired) electrons. The number of methoxy groups -OCH3 is 2. The molecular formula is C18H32IN3O3. The molecule has 6 nitrogen and oxygen atoms in total. The first-order valence-corrected chi connectivity index (χ1v) is 8.55. The van der Waals surface area contributed by atoms with Gasteiger partial charge >= 0.3 is 0 Å². The van der Waals surface area contributed by atoms with Crippen LogP contribution in [-0.4, -0.2) is 53.0 Å². The minimum Gasteiger partial charge on any atom is -0.493 e. The van der Waals surface area contributed by atoms with Crippen LogP contribution in [0.3, 0.4) is 0 Å². The lowest BCUT2D eigenvalue weighted by molar-refractivity contribution is 0.203. The molecule has 1 aromatic rings. The van der Waals surface area contributed by atoms with Crippen molar-refractivity contribution in [2.45, 2.75) is 26.7 Å². The lowest BCUT2D eigenvalue weighted by atomic mass is 10.1. The summed E-state index contributed by atoms with van der Waals surface area (Å²) in [4.78, 5) is 4.58. The lowest BCUT2D eigenvalue weighted by Gasteiger charge is -2.12. The molecule has 0 aliphatic carbocycles. The molecule has 0 bridgehead atoms. The minimum absolute atomic E-state index is 0. The van der Waals surface area contributed by atoms with Crippen LogP contribution in [0.15, 0.2) is 23.2 Å². The van der Waals surface area contributed by atoms with Gasteiger partial charge in [0.25, 0.3) is 0 Å². The molecule has 0 saturated heterocycles. The normalized spacial score (nSPS) is 10.8. The number of benzene rings is 1. The Kier molecular flexibility index (Phi) is 14.3. The number of aryl methyl sites for hydroxylation is 1. The largest absolute Gasteiger partial charge is 0.493 e. The van der Waals surface area contributed by atoms with E-state index in [0.29, 0.717) is 13.2 Å². The summed E-state index contributed by atoms with van der Waals surface area (Å²) in [7, 11) is 3.35. The van der Waals surface area contributed by atoms with Gasteiger partial charge in [0.15, 0.2) is 17.5 Å². The molecule has 2 N–H and O–H groups in total. The third-order valence-corrected chi connectivity index (χ3v) is 3.36. The summed E-state index contributed by atoms with van der Waals surface area (Å²) >= 11 is 0. The number of hydrogen-bond donors (Lipinski definition) is 2. The maximum absolute atomic E-state index is 5.62. The highest BCUT2D eigenvalue weighted by molar-refractivity contribution is 14.0. The van der Waals surface area contributed by atoms with Crippen molar-refractivity contribution >= 4 is 29.9 Å². The molecule has 1 aromatic carbocycles. The summed E-state index contributed by atoms with van der Waals surface area (Å²) in [6, 6.07) is 6.08. The first kappa shape index (κ1) is 23.8. The van der Waals surface area contributed by atoms with E-state index in [1.807, 2.05) is 19.1 Å². The van der Waals surface area contributed by atoms with E-state index in [1.165, 1.54) is 5.56 Å². The van der Waals surface area contributed by atoms with E-state index in [0.717, 1.165) is 49.9 Å². The van der Waals surface area contributed by atoms with Crippen LogP contribution in [0.2, 0.25) is 0 Å². The fraction of sp³-hybridized carbons (Fsp3) is 0.611. The Morgan fingerprint density at radius 3 is 2.56 bits per heavy atom. The molecule has 0 heterocycles. The number of nitrogens with zero attached hydrogens (tertiary/aromatic N) is 1. The Morgan fingerprint density at radius 1 is 1.12 bits per heavy atom. The van der Waals surface area contributed by atoms with Crippen LogP contribution in [0.25, 0.3) is 0 Å². The van der Waals surface area contributed by atoms with Crippen molar-refractivity contribution in [2.24, 2.45) is 4.99 Å². The smallest absolute Gasteiger partial charge is 0.191 e. The van der Waals surface area contributed by atoms with E-state index < -0.39 is 0 Å². The molecule has 0 aliphatic heterocycles. The van der Waals surface area contributed by atoms with E-state index in [9.17, 15) is 0 Å². The van der Waals surface area contributed by atoms with Gasteiger partial charge in [0, 0.05) is 26.7 Å². The van der Waals surface area contributed by atoms with Gasteiger partial charge < -0.3 is 24.8 Å². The fourth-order valence-electron chi connectivity index (χ4n) is 2.23. The molecule has 0 aromatic heterocycles. The van der Waals surface area contributed by atoms with Gasteiger partial charge in [0.05, 0.1) is 20.3 Å². The van der Waals surface area contributed by atoms with Crippen molar-refractivity contribution in [1.82, 2.24) is 10.6 Å². The Bertz CT molecular complexity index is 498. The highest BCUT2D eigenvalue weighted by Gasteiger charge is 2.05. The van der Waals surface area contributed by atoms with Gasteiger partial charge in [-0.2, -0.15) is 0 Å². The van der Waals surface area contributed by atoms with E-state index in [2.05, 4.69) is 28.6 Å². The summed E-state index contributed by atoms with van der Waals surface area (Å²) in [6.45, 7) is 7.67. The molecule has 0 amide bonds. The van der Waals surface area contributed by atoms with Gasteiger partial charge in [-0.1, -0.05) is 6.07 Å². The van der Waals surface area contributed by atoms with Crippen molar-refractivity contribution in [3.05, 3.63) is 23.8 Å². The van der Waals surface area contributed by atoms with Crippen molar-refractivity contribution in [3.63, 3.8) is 0 Å². The minimum atomic E-state index is 0. The monoisotopic (exact) mass is 465 g/mol. The van der Waals surface area contributed by atoms with Gasteiger partial charge in [-0.05, 0) is 44.4 Å². The van der Waals surface area contributed by atoms with Gasteiger partial charge in [-0.15, -0.1) is 24.0 Å². The van der Waals surface area contributed by atoms with Crippen LogP contribution in [0.4, 0.5) is 0 Å². The zero-order valence-electron chi connectivity index (χ0n) is 15.8. The summed E-state index contributed by atoms with van der Waals surface area (Å²) in [5, 5.41) is 6.47. The van der Waals surface area contributed by atoms with Gasteiger partial charge in [0.1, 0.15) is 0 Å². The number of rotatable bonds is 11. The Morgan fingerprint density at radius 2 is 1.92 bits per heavy atom.